The van der Waals surface area contributed by atoms with Crippen LogP contribution in [0.5, 0.6) is 0 Å². The Hall–Kier alpha value is -3.13. The number of aryl methyl sites for hydroxylation is 1. The van der Waals surface area contributed by atoms with E-state index >= 15 is 0 Å². The number of hydrogen-bond donors (Lipinski definition) is 0. The summed E-state index contributed by atoms with van der Waals surface area (Å²) in [7, 11) is 0. The molecule has 28 heavy (non-hydrogen) atoms. The Balaban J connectivity index is 1.79. The van der Waals surface area contributed by atoms with Crippen LogP contribution in [-0.4, -0.2) is 28.1 Å². The third-order valence-electron chi connectivity index (χ3n) is 3.84. The van der Waals surface area contributed by atoms with Crippen LogP contribution in [0, 0.1) is 24.4 Å². The Kier molecular flexibility index (Phi) is 5.51. The molecule has 1 heterocycles. The number of ketones is 1. The summed E-state index contributed by atoms with van der Waals surface area (Å²) in [5, 5.41) is 4.01. The monoisotopic (exact) mass is 408 g/mol. The molecule has 0 amide bonds. The Morgan fingerprint density at radius 1 is 1.07 bits per heavy atom. The molecule has 3 aromatic rings. The molecule has 0 atom stereocenters. The smallest absolute Gasteiger partial charge is 0.343 e. The predicted octanol–water partition coefficient (Wildman–Crippen LogP) is 4.29. The number of Topliss-reactive ketones (excluding diaryl/α,β-unsaturated/α-hetero) is 1. The van der Waals surface area contributed by atoms with Crippen molar-refractivity contribution in [1.29, 1.82) is 0 Å². The molecule has 5 nitrogen and oxygen atoms in total. The van der Waals surface area contributed by atoms with E-state index in [0.29, 0.717) is 5.69 Å². The van der Waals surface area contributed by atoms with Crippen LogP contribution in [0.25, 0.3) is 5.69 Å². The van der Waals surface area contributed by atoms with Gasteiger partial charge in [0.25, 0.3) is 0 Å². The van der Waals surface area contributed by atoms with Gasteiger partial charge >= 0.3 is 5.97 Å². The number of halogens is 4. The van der Waals surface area contributed by atoms with Gasteiger partial charge in [0, 0.05) is 0 Å². The molecule has 0 fully saturated rings. The van der Waals surface area contributed by atoms with Gasteiger partial charge in [0.2, 0.25) is 5.78 Å². The summed E-state index contributed by atoms with van der Waals surface area (Å²) in [4.78, 5) is 24.3. The van der Waals surface area contributed by atoms with Crippen molar-refractivity contribution in [2.75, 3.05) is 6.61 Å². The van der Waals surface area contributed by atoms with Gasteiger partial charge < -0.3 is 4.74 Å². The molecule has 0 spiro atoms. The molecule has 0 aliphatic rings. The maximum atomic E-state index is 13.6. The molecule has 0 saturated heterocycles. The summed E-state index contributed by atoms with van der Waals surface area (Å²) in [5.74, 6) is -4.05. The summed E-state index contributed by atoms with van der Waals surface area (Å²) in [6, 6.07) is 7.62. The minimum Gasteiger partial charge on any atom is -0.454 e. The topological polar surface area (TPSA) is 61.2 Å². The highest BCUT2D eigenvalue weighted by Crippen LogP contribution is 2.24. The number of nitrogens with zero attached hydrogens (tertiary/aromatic N) is 2. The van der Waals surface area contributed by atoms with E-state index in [9.17, 15) is 22.8 Å². The first-order valence-electron chi connectivity index (χ1n) is 7.94. The van der Waals surface area contributed by atoms with Gasteiger partial charge in [-0.25, -0.2) is 22.6 Å². The van der Waals surface area contributed by atoms with Crippen molar-refractivity contribution in [3.8, 4) is 5.69 Å². The summed E-state index contributed by atoms with van der Waals surface area (Å²) in [5.41, 5.74) is -0.00806. The minimum atomic E-state index is -0.957. The zero-order valence-corrected chi connectivity index (χ0v) is 15.1. The molecule has 0 unspecified atom stereocenters. The van der Waals surface area contributed by atoms with Crippen LogP contribution < -0.4 is 0 Å². The first kappa shape index (κ1) is 19.6. The molecule has 0 radical (unpaired) electrons. The van der Waals surface area contributed by atoms with E-state index in [1.54, 1.807) is 0 Å². The molecule has 0 saturated carbocycles. The summed E-state index contributed by atoms with van der Waals surface area (Å²) in [6.07, 6.45) is 0. The fraction of sp³-hybridized carbons (Fsp3) is 0.105. The highest BCUT2D eigenvalue weighted by atomic mass is 35.5. The van der Waals surface area contributed by atoms with Crippen molar-refractivity contribution < 1.29 is 27.5 Å². The second-order valence-corrected chi connectivity index (χ2v) is 6.12. The highest BCUT2D eigenvalue weighted by Gasteiger charge is 2.24. The van der Waals surface area contributed by atoms with Gasteiger partial charge in [0.05, 0.1) is 16.9 Å². The molecule has 144 valence electrons. The van der Waals surface area contributed by atoms with Gasteiger partial charge in [-0.05, 0) is 49.4 Å². The largest absolute Gasteiger partial charge is 0.454 e. The van der Waals surface area contributed by atoms with Crippen LogP contribution in [0.4, 0.5) is 13.2 Å². The zero-order chi connectivity index (χ0) is 20.4. The van der Waals surface area contributed by atoms with E-state index in [1.807, 2.05) is 0 Å². The number of rotatable bonds is 5. The van der Waals surface area contributed by atoms with E-state index < -0.39 is 41.4 Å². The minimum absolute atomic E-state index is 0.0986. The van der Waals surface area contributed by atoms with E-state index in [2.05, 4.69) is 5.10 Å². The Bertz CT molecular complexity index is 1070. The quantitative estimate of drug-likeness (QED) is 0.466. The van der Waals surface area contributed by atoms with Crippen molar-refractivity contribution in [3.63, 3.8) is 0 Å². The zero-order valence-electron chi connectivity index (χ0n) is 14.4. The molecule has 3 rings (SSSR count). The molecule has 9 heteroatoms. The van der Waals surface area contributed by atoms with Gasteiger partial charge in [-0.1, -0.05) is 11.6 Å². The standard InChI is InChI=1S/C19H12ClF3N2O3/c1-10-17(18(20)25(24-10)13-5-2-11(21)3-6-13)19(27)28-9-16(26)14-8-12(22)4-7-15(14)23/h2-8H,9H2,1H3. The molecule has 0 aliphatic carbocycles. The number of carbonyl (C=O) groups is 2. The number of benzene rings is 2. The Morgan fingerprint density at radius 2 is 1.71 bits per heavy atom. The molecule has 0 bridgehead atoms. The summed E-state index contributed by atoms with van der Waals surface area (Å²) < 4.78 is 46.0. The average Bonchev–Trinajstić information content (AvgIpc) is 2.96. The second-order valence-electron chi connectivity index (χ2n) is 5.76. The van der Waals surface area contributed by atoms with Crippen LogP contribution in [0.3, 0.4) is 0 Å². The van der Waals surface area contributed by atoms with Gasteiger partial charge in [0.15, 0.2) is 6.61 Å². The first-order chi connectivity index (χ1) is 13.3. The fourth-order valence-electron chi connectivity index (χ4n) is 2.48. The normalized spacial score (nSPS) is 10.8. The van der Waals surface area contributed by atoms with E-state index in [-0.39, 0.29) is 16.4 Å². The third kappa shape index (κ3) is 3.91. The van der Waals surface area contributed by atoms with Crippen molar-refractivity contribution in [1.82, 2.24) is 9.78 Å². The lowest BCUT2D eigenvalue weighted by atomic mass is 10.1. The van der Waals surface area contributed by atoms with E-state index in [0.717, 1.165) is 18.2 Å². The van der Waals surface area contributed by atoms with Crippen LogP contribution in [0.15, 0.2) is 42.5 Å². The molecule has 1 aromatic heterocycles. The lowest BCUT2D eigenvalue weighted by Gasteiger charge is -2.06. The van der Waals surface area contributed by atoms with Gasteiger partial charge in [-0.15, -0.1) is 0 Å². The van der Waals surface area contributed by atoms with Crippen molar-refractivity contribution in [2.24, 2.45) is 0 Å². The highest BCUT2D eigenvalue weighted by molar-refractivity contribution is 6.33. The summed E-state index contributed by atoms with van der Waals surface area (Å²) >= 11 is 6.19. The maximum Gasteiger partial charge on any atom is 0.343 e. The number of aromatic nitrogens is 2. The lowest BCUT2D eigenvalue weighted by Crippen LogP contribution is -2.16. The maximum absolute atomic E-state index is 13.6. The summed E-state index contributed by atoms with van der Waals surface area (Å²) in [6.45, 7) is 0.688. The second kappa shape index (κ2) is 7.85. The predicted molar refractivity (Wildman–Crippen MR) is 94.2 cm³/mol. The van der Waals surface area contributed by atoms with Crippen LogP contribution in [-0.2, 0) is 4.74 Å². The fourth-order valence-corrected chi connectivity index (χ4v) is 2.83. The molecular formula is C19H12ClF3N2O3. The van der Waals surface area contributed by atoms with Crippen LogP contribution in [0.1, 0.15) is 26.4 Å². The molecular weight excluding hydrogens is 397 g/mol. The lowest BCUT2D eigenvalue weighted by molar-refractivity contribution is 0.0473. The number of carbonyl (C=O) groups excluding carboxylic acids is 2. The number of ether oxygens (including phenoxy) is 1. The Labute approximate surface area is 162 Å². The number of hydrogen-bond acceptors (Lipinski definition) is 4. The molecule has 2 aromatic carbocycles. The van der Waals surface area contributed by atoms with E-state index in [1.165, 1.54) is 35.9 Å². The van der Waals surface area contributed by atoms with Gasteiger partial charge in [-0.2, -0.15) is 5.10 Å². The SMILES string of the molecule is Cc1nn(-c2ccc(F)cc2)c(Cl)c1C(=O)OCC(=O)c1cc(F)ccc1F. The number of esters is 1. The first-order valence-corrected chi connectivity index (χ1v) is 8.32. The van der Waals surface area contributed by atoms with Gasteiger partial charge in [-0.3, -0.25) is 4.79 Å². The Morgan fingerprint density at radius 3 is 2.39 bits per heavy atom. The van der Waals surface area contributed by atoms with E-state index in [4.69, 9.17) is 16.3 Å². The van der Waals surface area contributed by atoms with Gasteiger partial charge in [0.1, 0.15) is 28.2 Å². The third-order valence-corrected chi connectivity index (χ3v) is 4.19. The van der Waals surface area contributed by atoms with Crippen molar-refractivity contribution in [2.45, 2.75) is 6.92 Å². The van der Waals surface area contributed by atoms with Crippen molar-refractivity contribution >= 4 is 23.4 Å². The van der Waals surface area contributed by atoms with Crippen LogP contribution >= 0.6 is 11.6 Å². The molecule has 0 aliphatic heterocycles. The van der Waals surface area contributed by atoms with Crippen LogP contribution in [0.2, 0.25) is 5.15 Å². The van der Waals surface area contributed by atoms with Crippen molar-refractivity contribution in [3.05, 3.63) is 81.9 Å². The average molecular weight is 409 g/mol. The molecule has 0 N–H and O–H groups in total.